The van der Waals surface area contributed by atoms with Crippen molar-refractivity contribution < 1.29 is 21.9 Å². The number of halogens is 2. The molecule has 0 unspecified atom stereocenters. The highest BCUT2D eigenvalue weighted by molar-refractivity contribution is 7.91. The van der Waals surface area contributed by atoms with Gasteiger partial charge in [-0.15, -0.1) is 11.3 Å². The fourth-order valence-electron chi connectivity index (χ4n) is 3.06. The normalized spacial score (nSPS) is 27.1. The summed E-state index contributed by atoms with van der Waals surface area (Å²) in [5.74, 6) is -2.73. The summed E-state index contributed by atoms with van der Waals surface area (Å²) in [6.07, 6.45) is -0.227. The smallest absolute Gasteiger partial charge is 0.262 e. The topological polar surface area (TPSA) is 49.9 Å². The lowest BCUT2D eigenvalue weighted by molar-refractivity contribution is -0.00292. The third-order valence-electron chi connectivity index (χ3n) is 4.16. The second-order valence-electron chi connectivity index (χ2n) is 5.75. The zero-order valence-corrected chi connectivity index (χ0v) is 13.7. The fourth-order valence-corrected chi connectivity index (χ4v) is 5.72. The molecule has 0 bridgehead atoms. The third kappa shape index (κ3) is 2.92. The molecule has 0 amide bonds. The van der Waals surface area contributed by atoms with E-state index < -0.39 is 15.9 Å². The van der Waals surface area contributed by atoms with Gasteiger partial charge < -0.3 is 4.74 Å². The predicted molar refractivity (Wildman–Crippen MR) is 78.8 cm³/mol. The third-order valence-corrected chi connectivity index (χ3v) is 7.37. The zero-order chi connectivity index (χ0) is 16.0. The van der Waals surface area contributed by atoms with Crippen molar-refractivity contribution in [1.29, 1.82) is 0 Å². The Morgan fingerprint density at radius 3 is 2.77 bits per heavy atom. The van der Waals surface area contributed by atoms with Crippen molar-refractivity contribution in [2.75, 3.05) is 33.4 Å². The minimum absolute atomic E-state index is 0.164. The van der Waals surface area contributed by atoms with Gasteiger partial charge in [-0.05, 0) is 11.4 Å². The van der Waals surface area contributed by atoms with Gasteiger partial charge in [-0.1, -0.05) is 6.07 Å². The summed E-state index contributed by atoms with van der Waals surface area (Å²) in [5, 5.41) is 1.71. The molecule has 0 aromatic carbocycles. The van der Waals surface area contributed by atoms with E-state index in [2.05, 4.69) is 0 Å². The van der Waals surface area contributed by atoms with Gasteiger partial charge in [-0.3, -0.25) is 4.90 Å². The van der Waals surface area contributed by atoms with Crippen LogP contribution in [0.2, 0.25) is 0 Å². The number of sulfonamides is 1. The average molecular weight is 352 g/mol. The molecule has 0 radical (unpaired) electrons. The van der Waals surface area contributed by atoms with Gasteiger partial charge in [0.05, 0.1) is 13.2 Å². The summed E-state index contributed by atoms with van der Waals surface area (Å²) < 4.78 is 58.5. The Hall–Kier alpha value is -0.610. The molecule has 2 aliphatic rings. The molecule has 1 aromatic rings. The molecule has 0 spiro atoms. The van der Waals surface area contributed by atoms with Gasteiger partial charge in [0.1, 0.15) is 4.21 Å². The van der Waals surface area contributed by atoms with Crippen molar-refractivity contribution in [2.45, 2.75) is 28.6 Å². The molecule has 1 atom stereocenters. The van der Waals surface area contributed by atoms with Crippen LogP contribution in [0, 0.1) is 0 Å². The van der Waals surface area contributed by atoms with Gasteiger partial charge in [0.25, 0.3) is 15.9 Å². The fraction of sp³-hybridized carbons (Fsp3) is 0.692. The number of thiophene rings is 1. The first kappa shape index (κ1) is 16.3. The highest BCUT2D eigenvalue weighted by Gasteiger charge is 2.51. The first-order valence-corrected chi connectivity index (χ1v) is 9.31. The molecule has 0 aliphatic carbocycles. The molecule has 0 saturated carbocycles. The number of ether oxygens (including phenoxy) is 1. The number of methoxy groups -OCH3 is 1. The zero-order valence-electron chi connectivity index (χ0n) is 12.1. The predicted octanol–water partition coefficient (Wildman–Crippen LogP) is 1.48. The van der Waals surface area contributed by atoms with Crippen molar-refractivity contribution in [3.63, 3.8) is 0 Å². The van der Waals surface area contributed by atoms with Crippen LogP contribution in [0.4, 0.5) is 8.78 Å². The molecule has 2 fully saturated rings. The van der Waals surface area contributed by atoms with Gasteiger partial charge in [-0.2, -0.15) is 4.31 Å². The Morgan fingerprint density at radius 1 is 1.45 bits per heavy atom. The number of likely N-dealkylation sites (tertiary alicyclic amines) is 1. The van der Waals surface area contributed by atoms with Gasteiger partial charge >= 0.3 is 0 Å². The maximum absolute atomic E-state index is 13.6. The molecular weight excluding hydrogens is 334 g/mol. The van der Waals surface area contributed by atoms with Crippen LogP contribution in [0.3, 0.4) is 0 Å². The van der Waals surface area contributed by atoms with E-state index in [9.17, 15) is 17.2 Å². The van der Waals surface area contributed by atoms with Crippen molar-refractivity contribution in [3.05, 3.63) is 17.5 Å². The molecule has 2 saturated heterocycles. The second kappa shape index (κ2) is 5.79. The molecule has 5 nitrogen and oxygen atoms in total. The summed E-state index contributed by atoms with van der Waals surface area (Å²) in [6, 6.07) is 2.73. The summed E-state index contributed by atoms with van der Waals surface area (Å²) in [5.41, 5.74) is 0. The van der Waals surface area contributed by atoms with Gasteiger partial charge in [0, 0.05) is 38.7 Å². The summed E-state index contributed by atoms with van der Waals surface area (Å²) in [6.45, 7) is 0.440. The standard InChI is InChI=1S/C13H18F2N2O3S2/c1-20-8-10-5-13(14,15)9-17(10)11-6-16(7-11)22(18,19)12-3-2-4-21-12/h2-4,10-11H,5-9H2,1H3/t10-/m0/s1. The van der Waals surface area contributed by atoms with E-state index >= 15 is 0 Å². The first-order chi connectivity index (χ1) is 10.3. The Balaban J connectivity index is 1.65. The molecular formula is C13H18F2N2O3S2. The van der Waals surface area contributed by atoms with Crippen LogP contribution in [-0.4, -0.2) is 69.0 Å². The van der Waals surface area contributed by atoms with E-state index in [4.69, 9.17) is 4.74 Å². The molecule has 9 heteroatoms. The van der Waals surface area contributed by atoms with Gasteiger partial charge in [-0.25, -0.2) is 17.2 Å². The van der Waals surface area contributed by atoms with Crippen molar-refractivity contribution >= 4 is 21.4 Å². The van der Waals surface area contributed by atoms with E-state index in [0.717, 1.165) is 0 Å². The first-order valence-electron chi connectivity index (χ1n) is 7.00. The highest BCUT2D eigenvalue weighted by Crippen LogP contribution is 2.36. The Morgan fingerprint density at radius 2 is 2.18 bits per heavy atom. The summed E-state index contributed by atoms with van der Waals surface area (Å²) in [4.78, 5) is 1.70. The number of hydrogen-bond donors (Lipinski definition) is 0. The van der Waals surface area contributed by atoms with Crippen LogP contribution in [-0.2, 0) is 14.8 Å². The van der Waals surface area contributed by atoms with E-state index in [1.165, 1.54) is 22.8 Å². The van der Waals surface area contributed by atoms with Crippen molar-refractivity contribution in [3.8, 4) is 0 Å². The maximum atomic E-state index is 13.6. The quantitative estimate of drug-likeness (QED) is 0.805. The van der Waals surface area contributed by atoms with E-state index in [0.29, 0.717) is 4.21 Å². The van der Waals surface area contributed by atoms with Gasteiger partial charge in [0.15, 0.2) is 0 Å². The van der Waals surface area contributed by atoms with E-state index in [1.54, 1.807) is 22.4 Å². The molecule has 3 heterocycles. The van der Waals surface area contributed by atoms with Crippen LogP contribution in [0.1, 0.15) is 6.42 Å². The monoisotopic (exact) mass is 352 g/mol. The number of hydrogen-bond acceptors (Lipinski definition) is 5. The van der Waals surface area contributed by atoms with Crippen molar-refractivity contribution in [1.82, 2.24) is 9.21 Å². The minimum atomic E-state index is -3.47. The second-order valence-corrected chi connectivity index (χ2v) is 8.86. The van der Waals surface area contributed by atoms with Crippen LogP contribution >= 0.6 is 11.3 Å². The molecule has 0 N–H and O–H groups in total. The molecule has 2 aliphatic heterocycles. The average Bonchev–Trinajstić information content (AvgIpc) is 2.96. The minimum Gasteiger partial charge on any atom is -0.383 e. The maximum Gasteiger partial charge on any atom is 0.262 e. The Bertz CT molecular complexity index is 615. The lowest BCUT2D eigenvalue weighted by Crippen LogP contribution is -2.62. The van der Waals surface area contributed by atoms with Crippen LogP contribution in [0.5, 0.6) is 0 Å². The number of nitrogens with zero attached hydrogens (tertiary/aromatic N) is 2. The highest BCUT2D eigenvalue weighted by atomic mass is 32.2. The number of alkyl halides is 2. The van der Waals surface area contributed by atoms with Crippen LogP contribution in [0.15, 0.2) is 21.7 Å². The summed E-state index contributed by atoms with van der Waals surface area (Å²) >= 11 is 1.17. The lowest BCUT2D eigenvalue weighted by Gasteiger charge is -2.44. The number of rotatable bonds is 5. The van der Waals surface area contributed by atoms with Crippen LogP contribution < -0.4 is 0 Å². The summed E-state index contributed by atoms with van der Waals surface area (Å²) in [7, 11) is -1.98. The van der Waals surface area contributed by atoms with Crippen molar-refractivity contribution in [2.24, 2.45) is 0 Å². The van der Waals surface area contributed by atoms with Crippen LogP contribution in [0.25, 0.3) is 0 Å². The van der Waals surface area contributed by atoms with Gasteiger partial charge in [0.2, 0.25) is 0 Å². The van der Waals surface area contributed by atoms with E-state index in [-0.39, 0.29) is 44.7 Å². The largest absolute Gasteiger partial charge is 0.383 e. The Labute approximate surface area is 132 Å². The lowest BCUT2D eigenvalue weighted by atomic mass is 10.1. The molecule has 124 valence electrons. The molecule has 3 rings (SSSR count). The SMILES string of the molecule is COC[C@@H]1CC(F)(F)CN1C1CN(S(=O)(=O)c2cccs2)C1. The molecule has 22 heavy (non-hydrogen) atoms. The Kier molecular flexibility index (Phi) is 4.28. The molecule has 1 aromatic heterocycles. The van der Waals surface area contributed by atoms with E-state index in [1.807, 2.05) is 0 Å².